The topological polar surface area (TPSA) is 96.0 Å². The molecule has 0 unspecified atom stereocenters. The standard InChI is InChI=1S/C13H17N3O5S/c1-15(21-2)13(18)10-4-3-5-11(8-10)22(19,20)16-7-6-14-12(17)9-16/h3-5,8H,6-7,9H2,1-2H3,(H,14,17). The van der Waals surface area contributed by atoms with Crippen LogP contribution in [0, 0.1) is 0 Å². The molecule has 1 N–H and O–H groups in total. The van der Waals surface area contributed by atoms with Gasteiger partial charge >= 0.3 is 0 Å². The number of piperazine rings is 1. The van der Waals surface area contributed by atoms with Gasteiger partial charge in [-0.2, -0.15) is 4.31 Å². The van der Waals surface area contributed by atoms with E-state index in [4.69, 9.17) is 4.84 Å². The maximum Gasteiger partial charge on any atom is 0.277 e. The lowest BCUT2D eigenvalue weighted by atomic mass is 10.2. The molecule has 0 saturated carbocycles. The molecule has 1 fully saturated rings. The van der Waals surface area contributed by atoms with Crippen molar-refractivity contribution in [1.82, 2.24) is 14.7 Å². The van der Waals surface area contributed by atoms with Gasteiger partial charge in [-0.15, -0.1) is 0 Å². The van der Waals surface area contributed by atoms with Gasteiger partial charge in [-0.3, -0.25) is 14.4 Å². The summed E-state index contributed by atoms with van der Waals surface area (Å²) in [4.78, 5) is 28.1. The number of hydroxylamine groups is 2. The quantitative estimate of drug-likeness (QED) is 0.748. The number of sulfonamides is 1. The van der Waals surface area contributed by atoms with Crippen LogP contribution in [-0.2, 0) is 19.7 Å². The summed E-state index contributed by atoms with van der Waals surface area (Å²) in [6, 6.07) is 5.65. The van der Waals surface area contributed by atoms with Crippen molar-refractivity contribution in [2.75, 3.05) is 33.8 Å². The van der Waals surface area contributed by atoms with Crippen molar-refractivity contribution < 1.29 is 22.8 Å². The lowest BCUT2D eigenvalue weighted by molar-refractivity contribution is -0.122. The average molecular weight is 327 g/mol. The van der Waals surface area contributed by atoms with Crippen molar-refractivity contribution in [2.24, 2.45) is 0 Å². The molecule has 9 heteroatoms. The molecule has 22 heavy (non-hydrogen) atoms. The Morgan fingerprint density at radius 1 is 1.41 bits per heavy atom. The Bertz CT molecular complexity index is 689. The van der Waals surface area contributed by atoms with Crippen molar-refractivity contribution in [3.8, 4) is 0 Å². The summed E-state index contributed by atoms with van der Waals surface area (Å²) in [5, 5.41) is 3.57. The molecule has 1 saturated heterocycles. The Kier molecular flexibility index (Phi) is 4.79. The Morgan fingerprint density at radius 2 is 2.14 bits per heavy atom. The normalized spacial score (nSPS) is 16.2. The third-order valence-corrected chi connectivity index (χ3v) is 5.12. The summed E-state index contributed by atoms with van der Waals surface area (Å²) in [6.07, 6.45) is 0. The zero-order valence-electron chi connectivity index (χ0n) is 12.3. The van der Waals surface area contributed by atoms with Gasteiger partial charge in [-0.1, -0.05) is 6.07 Å². The van der Waals surface area contributed by atoms with Crippen molar-refractivity contribution in [2.45, 2.75) is 4.90 Å². The molecule has 0 bridgehead atoms. The van der Waals surface area contributed by atoms with E-state index >= 15 is 0 Å². The summed E-state index contributed by atoms with van der Waals surface area (Å²) in [5.41, 5.74) is 0.187. The van der Waals surface area contributed by atoms with Gasteiger partial charge in [0, 0.05) is 25.7 Å². The van der Waals surface area contributed by atoms with Gasteiger partial charge < -0.3 is 5.32 Å². The van der Waals surface area contributed by atoms with Crippen LogP contribution in [0.2, 0.25) is 0 Å². The van der Waals surface area contributed by atoms with Crippen LogP contribution < -0.4 is 5.32 Å². The van der Waals surface area contributed by atoms with E-state index in [0.29, 0.717) is 0 Å². The highest BCUT2D eigenvalue weighted by atomic mass is 32.2. The predicted octanol–water partition coefficient (Wildman–Crippen LogP) is -0.559. The SMILES string of the molecule is CON(C)C(=O)c1cccc(S(=O)(=O)N2CCNC(=O)C2)c1. The van der Waals surface area contributed by atoms with E-state index in [9.17, 15) is 18.0 Å². The molecule has 0 aliphatic carbocycles. The van der Waals surface area contributed by atoms with Gasteiger partial charge in [0.15, 0.2) is 0 Å². The third-order valence-electron chi connectivity index (χ3n) is 3.28. The van der Waals surface area contributed by atoms with Gasteiger partial charge in [-0.25, -0.2) is 13.5 Å². The van der Waals surface area contributed by atoms with Crippen molar-refractivity contribution >= 4 is 21.8 Å². The molecule has 1 aromatic carbocycles. The zero-order chi connectivity index (χ0) is 16.3. The van der Waals surface area contributed by atoms with E-state index < -0.39 is 15.9 Å². The van der Waals surface area contributed by atoms with E-state index in [0.717, 1.165) is 9.37 Å². The van der Waals surface area contributed by atoms with E-state index in [2.05, 4.69) is 5.32 Å². The molecule has 1 aliphatic heterocycles. The number of carbonyl (C=O) groups excluding carboxylic acids is 2. The molecule has 120 valence electrons. The molecule has 0 spiro atoms. The Balaban J connectivity index is 2.32. The fourth-order valence-electron chi connectivity index (χ4n) is 2.02. The summed E-state index contributed by atoms with van der Waals surface area (Å²) in [5.74, 6) is -0.808. The van der Waals surface area contributed by atoms with E-state index in [1.807, 2.05) is 0 Å². The highest BCUT2D eigenvalue weighted by Gasteiger charge is 2.29. The summed E-state index contributed by atoms with van der Waals surface area (Å²) >= 11 is 0. The van der Waals surface area contributed by atoms with E-state index in [1.165, 1.54) is 38.4 Å². The zero-order valence-corrected chi connectivity index (χ0v) is 13.1. The van der Waals surface area contributed by atoms with Gasteiger partial charge in [0.2, 0.25) is 15.9 Å². The van der Waals surface area contributed by atoms with Gasteiger partial charge in [0.25, 0.3) is 5.91 Å². The monoisotopic (exact) mass is 327 g/mol. The number of hydrogen-bond donors (Lipinski definition) is 1. The van der Waals surface area contributed by atoms with E-state index in [1.54, 1.807) is 0 Å². The maximum absolute atomic E-state index is 12.5. The summed E-state index contributed by atoms with van der Waals surface area (Å²) < 4.78 is 26.2. The Labute approximate surface area is 128 Å². The first-order valence-corrected chi connectivity index (χ1v) is 7.99. The molecule has 1 heterocycles. The molecule has 8 nitrogen and oxygen atoms in total. The summed E-state index contributed by atoms with van der Waals surface area (Å²) in [6.45, 7) is 0.242. The van der Waals surface area contributed by atoms with Crippen LogP contribution in [0.4, 0.5) is 0 Å². The Morgan fingerprint density at radius 3 is 2.77 bits per heavy atom. The number of nitrogens with one attached hydrogen (secondary N) is 1. The van der Waals surface area contributed by atoms with Crippen LogP contribution in [0.3, 0.4) is 0 Å². The van der Waals surface area contributed by atoms with Crippen LogP contribution >= 0.6 is 0 Å². The predicted molar refractivity (Wildman–Crippen MR) is 77.3 cm³/mol. The first kappa shape index (κ1) is 16.4. The highest BCUT2D eigenvalue weighted by Crippen LogP contribution is 2.18. The van der Waals surface area contributed by atoms with Crippen LogP contribution in [-0.4, -0.2) is 63.4 Å². The third kappa shape index (κ3) is 3.26. The number of nitrogens with zero attached hydrogens (tertiary/aromatic N) is 2. The smallest absolute Gasteiger partial charge is 0.277 e. The van der Waals surface area contributed by atoms with Crippen molar-refractivity contribution in [3.63, 3.8) is 0 Å². The second-order valence-electron chi connectivity index (χ2n) is 4.70. The number of benzene rings is 1. The van der Waals surface area contributed by atoms with Crippen LogP contribution in [0.15, 0.2) is 29.2 Å². The molecule has 1 aliphatic rings. The van der Waals surface area contributed by atoms with Crippen molar-refractivity contribution in [1.29, 1.82) is 0 Å². The molecular weight excluding hydrogens is 310 g/mol. The number of amides is 2. The number of carbonyl (C=O) groups is 2. The Hall–Kier alpha value is -1.97. The second kappa shape index (κ2) is 6.42. The lowest BCUT2D eigenvalue weighted by Crippen LogP contribution is -2.49. The lowest BCUT2D eigenvalue weighted by Gasteiger charge is -2.26. The average Bonchev–Trinajstić information content (AvgIpc) is 2.53. The minimum atomic E-state index is -3.82. The molecule has 1 aromatic rings. The van der Waals surface area contributed by atoms with Crippen molar-refractivity contribution in [3.05, 3.63) is 29.8 Å². The second-order valence-corrected chi connectivity index (χ2v) is 6.64. The summed E-state index contributed by atoms with van der Waals surface area (Å²) in [7, 11) is -1.06. The molecule has 0 radical (unpaired) electrons. The first-order valence-electron chi connectivity index (χ1n) is 6.55. The first-order chi connectivity index (χ1) is 10.4. The molecule has 0 aromatic heterocycles. The molecular formula is C13H17N3O5S. The minimum Gasteiger partial charge on any atom is -0.354 e. The van der Waals surface area contributed by atoms with Gasteiger partial charge in [-0.05, 0) is 18.2 Å². The van der Waals surface area contributed by atoms with Gasteiger partial charge in [0.05, 0.1) is 18.6 Å². The van der Waals surface area contributed by atoms with Crippen LogP contribution in [0.25, 0.3) is 0 Å². The minimum absolute atomic E-state index is 0.0300. The fraction of sp³-hybridized carbons (Fsp3) is 0.385. The maximum atomic E-state index is 12.5. The van der Waals surface area contributed by atoms with E-state index in [-0.39, 0.29) is 36.0 Å². The number of rotatable bonds is 4. The highest BCUT2D eigenvalue weighted by molar-refractivity contribution is 7.89. The largest absolute Gasteiger partial charge is 0.354 e. The number of hydrogen-bond acceptors (Lipinski definition) is 5. The fourth-order valence-corrected chi connectivity index (χ4v) is 3.47. The molecule has 2 amide bonds. The molecule has 2 rings (SSSR count). The van der Waals surface area contributed by atoms with Crippen LogP contribution in [0.5, 0.6) is 0 Å². The molecule has 0 atom stereocenters. The van der Waals surface area contributed by atoms with Gasteiger partial charge in [0.1, 0.15) is 0 Å². The van der Waals surface area contributed by atoms with Crippen LogP contribution in [0.1, 0.15) is 10.4 Å².